The SMILES string of the molecule is O=C1[C@@H]2[C@@H](C(=O)N1c1ccc(Cl)c(C(F)(F)F)c1)[C@@H]1C=C[C@H]2C12CC2. The van der Waals surface area contributed by atoms with Crippen molar-refractivity contribution in [2.45, 2.75) is 19.0 Å². The smallest absolute Gasteiger partial charge is 0.274 e. The Balaban J connectivity index is 1.56. The van der Waals surface area contributed by atoms with Gasteiger partial charge in [0.15, 0.2) is 0 Å². The lowest BCUT2D eigenvalue weighted by atomic mass is 9.85. The van der Waals surface area contributed by atoms with E-state index in [2.05, 4.69) is 0 Å². The molecular weight excluding hydrogens is 355 g/mol. The summed E-state index contributed by atoms with van der Waals surface area (Å²) in [6, 6.07) is 3.18. The minimum absolute atomic E-state index is 0.0401. The molecule has 0 radical (unpaired) electrons. The second kappa shape index (κ2) is 4.47. The number of anilines is 1. The van der Waals surface area contributed by atoms with Crippen LogP contribution in [0.15, 0.2) is 30.4 Å². The van der Waals surface area contributed by atoms with E-state index in [1.165, 1.54) is 6.07 Å². The summed E-state index contributed by atoms with van der Waals surface area (Å²) in [6.45, 7) is 0. The van der Waals surface area contributed by atoms with Crippen molar-refractivity contribution in [3.05, 3.63) is 40.9 Å². The fraction of sp³-hybridized carbons (Fsp3) is 0.444. The number of hydrogen-bond donors (Lipinski definition) is 0. The van der Waals surface area contributed by atoms with Crippen LogP contribution < -0.4 is 4.90 Å². The number of halogens is 4. The number of allylic oxidation sites excluding steroid dienone is 2. The molecule has 2 saturated carbocycles. The molecule has 1 aliphatic heterocycles. The first kappa shape index (κ1) is 15.4. The zero-order chi connectivity index (χ0) is 17.7. The van der Waals surface area contributed by atoms with Gasteiger partial charge in [-0.2, -0.15) is 13.2 Å². The molecule has 5 rings (SSSR count). The van der Waals surface area contributed by atoms with Crippen molar-refractivity contribution >= 4 is 29.1 Å². The van der Waals surface area contributed by atoms with E-state index in [9.17, 15) is 22.8 Å². The van der Waals surface area contributed by atoms with Gasteiger partial charge < -0.3 is 0 Å². The predicted molar refractivity (Wildman–Crippen MR) is 83.7 cm³/mol. The van der Waals surface area contributed by atoms with Crippen LogP contribution in [0.4, 0.5) is 18.9 Å². The third kappa shape index (κ3) is 1.78. The number of carbonyl (C=O) groups is 2. The lowest BCUT2D eigenvalue weighted by molar-refractivity contribution is -0.137. The molecule has 0 N–H and O–H groups in total. The van der Waals surface area contributed by atoms with E-state index in [1.54, 1.807) is 0 Å². The largest absolute Gasteiger partial charge is 0.417 e. The van der Waals surface area contributed by atoms with E-state index in [4.69, 9.17) is 11.6 Å². The number of carbonyl (C=O) groups excluding carboxylic acids is 2. The monoisotopic (exact) mass is 367 g/mol. The molecule has 25 heavy (non-hydrogen) atoms. The van der Waals surface area contributed by atoms with Crippen molar-refractivity contribution in [3.63, 3.8) is 0 Å². The zero-order valence-electron chi connectivity index (χ0n) is 12.9. The van der Waals surface area contributed by atoms with E-state index in [0.717, 1.165) is 29.9 Å². The van der Waals surface area contributed by atoms with Crippen LogP contribution in [-0.4, -0.2) is 11.8 Å². The van der Waals surface area contributed by atoms with Crippen molar-refractivity contribution < 1.29 is 22.8 Å². The molecule has 3 fully saturated rings. The van der Waals surface area contributed by atoms with E-state index in [0.29, 0.717) is 0 Å². The van der Waals surface area contributed by atoms with E-state index < -0.39 is 28.6 Å². The summed E-state index contributed by atoms with van der Waals surface area (Å²) in [7, 11) is 0. The third-order valence-electron chi connectivity index (χ3n) is 6.37. The van der Waals surface area contributed by atoms with Crippen molar-refractivity contribution in [1.29, 1.82) is 0 Å². The van der Waals surface area contributed by atoms with Crippen LogP contribution in [0.5, 0.6) is 0 Å². The molecular formula is C18H13ClF3NO2. The number of fused-ring (bicyclic) bond motifs is 3. The Morgan fingerprint density at radius 2 is 1.60 bits per heavy atom. The molecule has 1 aromatic rings. The van der Waals surface area contributed by atoms with Crippen LogP contribution in [0.3, 0.4) is 0 Å². The Kier molecular flexibility index (Phi) is 2.76. The minimum Gasteiger partial charge on any atom is -0.274 e. The van der Waals surface area contributed by atoms with Gasteiger partial charge in [0.1, 0.15) is 0 Å². The fourth-order valence-corrected chi connectivity index (χ4v) is 5.43. The molecule has 7 heteroatoms. The maximum Gasteiger partial charge on any atom is 0.417 e. The van der Waals surface area contributed by atoms with Crippen molar-refractivity contribution in [2.75, 3.05) is 4.90 Å². The summed E-state index contributed by atoms with van der Waals surface area (Å²) in [4.78, 5) is 26.7. The molecule has 2 bridgehead atoms. The van der Waals surface area contributed by atoms with Crippen LogP contribution in [0, 0.1) is 29.1 Å². The molecule has 2 amide bonds. The lowest BCUT2D eigenvalue weighted by Gasteiger charge is -2.22. The van der Waals surface area contributed by atoms with Crippen molar-refractivity contribution in [3.8, 4) is 0 Å². The van der Waals surface area contributed by atoms with Gasteiger partial charge in [0.05, 0.1) is 28.1 Å². The molecule has 130 valence electrons. The first-order valence-electron chi connectivity index (χ1n) is 8.18. The third-order valence-corrected chi connectivity index (χ3v) is 6.70. The molecule has 0 aromatic heterocycles. The van der Waals surface area contributed by atoms with Gasteiger partial charge in [-0.05, 0) is 48.3 Å². The Morgan fingerprint density at radius 3 is 2.08 bits per heavy atom. The fourth-order valence-electron chi connectivity index (χ4n) is 5.20. The van der Waals surface area contributed by atoms with Crippen molar-refractivity contribution in [1.82, 2.24) is 0 Å². The summed E-state index contributed by atoms with van der Waals surface area (Å²) >= 11 is 5.64. The highest BCUT2D eigenvalue weighted by Gasteiger charge is 2.73. The minimum atomic E-state index is -4.65. The van der Waals surface area contributed by atoms with Gasteiger partial charge in [-0.3, -0.25) is 14.5 Å². The van der Waals surface area contributed by atoms with Gasteiger partial charge in [-0.25, -0.2) is 0 Å². The van der Waals surface area contributed by atoms with Crippen LogP contribution in [0.2, 0.25) is 5.02 Å². The molecule has 4 atom stereocenters. The standard InChI is InChI=1S/C18H13ClF3NO2/c19-12-4-1-8(7-11(12)18(20,21)22)23-15(24)13-9-2-3-10(14(13)16(23)25)17(9)5-6-17/h1-4,7,9-10,13-14H,5-6H2/t9-,10+,13-,14-/m0/s1. The van der Waals surface area contributed by atoms with Gasteiger partial charge in [-0.1, -0.05) is 23.8 Å². The second-order valence-corrected chi connectivity index (χ2v) is 7.80. The van der Waals surface area contributed by atoms with Gasteiger partial charge in [0, 0.05) is 0 Å². The zero-order valence-corrected chi connectivity index (χ0v) is 13.6. The van der Waals surface area contributed by atoms with E-state index in [1.807, 2.05) is 12.2 Å². The van der Waals surface area contributed by atoms with Crippen LogP contribution >= 0.6 is 11.6 Å². The number of alkyl halides is 3. The van der Waals surface area contributed by atoms with Gasteiger partial charge in [0.25, 0.3) is 0 Å². The van der Waals surface area contributed by atoms with Crippen LogP contribution in [0.25, 0.3) is 0 Å². The molecule has 1 spiro atoms. The van der Waals surface area contributed by atoms with Gasteiger partial charge >= 0.3 is 6.18 Å². The highest BCUT2D eigenvalue weighted by atomic mass is 35.5. The summed E-state index contributed by atoms with van der Waals surface area (Å²) in [5.41, 5.74) is -1.03. The Bertz CT molecular complexity index is 824. The Labute approximate surface area is 146 Å². The number of nitrogens with zero attached hydrogens (tertiary/aromatic N) is 1. The first-order chi connectivity index (χ1) is 11.8. The average Bonchev–Trinajstić information content (AvgIpc) is 3.13. The summed E-state index contributed by atoms with van der Waals surface area (Å²) < 4.78 is 39.3. The lowest BCUT2D eigenvalue weighted by Crippen LogP contribution is -2.34. The van der Waals surface area contributed by atoms with Crippen molar-refractivity contribution in [2.24, 2.45) is 29.1 Å². The Morgan fingerprint density at radius 1 is 1.04 bits per heavy atom. The van der Waals surface area contributed by atoms with Crippen LogP contribution in [0.1, 0.15) is 18.4 Å². The summed E-state index contributed by atoms with van der Waals surface area (Å²) in [5.74, 6) is -1.55. The average molecular weight is 368 g/mol. The molecule has 0 unspecified atom stereocenters. The number of imide groups is 1. The molecule has 3 aliphatic carbocycles. The number of rotatable bonds is 1. The van der Waals surface area contributed by atoms with E-state index >= 15 is 0 Å². The van der Waals surface area contributed by atoms with Gasteiger partial charge in [0.2, 0.25) is 11.8 Å². The molecule has 3 nitrogen and oxygen atoms in total. The van der Waals surface area contributed by atoms with E-state index in [-0.39, 0.29) is 34.8 Å². The number of amides is 2. The molecule has 1 saturated heterocycles. The van der Waals surface area contributed by atoms with Gasteiger partial charge in [-0.15, -0.1) is 0 Å². The number of benzene rings is 1. The normalized spacial score (nSPS) is 34.3. The highest BCUT2D eigenvalue weighted by molar-refractivity contribution is 6.31. The Hall–Kier alpha value is -1.82. The number of hydrogen-bond acceptors (Lipinski definition) is 2. The predicted octanol–water partition coefficient (Wildman–Crippen LogP) is 4.06. The quantitative estimate of drug-likeness (QED) is 0.554. The highest BCUT2D eigenvalue weighted by Crippen LogP contribution is 2.73. The first-order valence-corrected chi connectivity index (χ1v) is 8.56. The molecule has 4 aliphatic rings. The second-order valence-electron chi connectivity index (χ2n) is 7.39. The molecule has 1 heterocycles. The van der Waals surface area contributed by atoms with Crippen LogP contribution in [-0.2, 0) is 15.8 Å². The maximum atomic E-state index is 13.1. The molecule has 1 aromatic carbocycles. The topological polar surface area (TPSA) is 37.4 Å². The summed E-state index contributed by atoms with van der Waals surface area (Å²) in [5, 5.41) is -0.450. The summed E-state index contributed by atoms with van der Waals surface area (Å²) in [6.07, 6.45) is 1.44. The maximum absolute atomic E-state index is 13.1.